The van der Waals surface area contributed by atoms with Crippen molar-refractivity contribution in [3.05, 3.63) is 57.8 Å². The Morgan fingerprint density at radius 2 is 1.74 bits per heavy atom. The Morgan fingerprint density at radius 1 is 1.06 bits per heavy atom. The van der Waals surface area contributed by atoms with E-state index in [-0.39, 0.29) is 24.1 Å². The van der Waals surface area contributed by atoms with Crippen LogP contribution in [0, 0.1) is 10.1 Å². The summed E-state index contributed by atoms with van der Waals surface area (Å²) in [6.45, 7) is 2.22. The number of anilines is 1. The zero-order valence-corrected chi connectivity index (χ0v) is 16.4. The molecule has 31 heavy (non-hydrogen) atoms. The monoisotopic (exact) mass is 422 g/mol. The summed E-state index contributed by atoms with van der Waals surface area (Å²) in [5.41, 5.74) is 2.10. The minimum Gasteiger partial charge on any atom is -0.454 e. The van der Waals surface area contributed by atoms with E-state index in [1.807, 2.05) is 0 Å². The first kappa shape index (κ1) is 18.9. The second-order valence-electron chi connectivity index (χ2n) is 7.34. The molecule has 2 aliphatic rings. The van der Waals surface area contributed by atoms with Crippen molar-refractivity contribution in [1.29, 1.82) is 0 Å². The number of aromatic amines is 1. The van der Waals surface area contributed by atoms with Gasteiger partial charge in [-0.05, 0) is 18.2 Å². The number of non-ortho nitro benzene ring substituents is 1. The van der Waals surface area contributed by atoms with Gasteiger partial charge in [-0.15, -0.1) is 0 Å². The summed E-state index contributed by atoms with van der Waals surface area (Å²) in [6.07, 6.45) is 0.682. The zero-order chi connectivity index (χ0) is 21.5. The molecular formula is C21H18N4O6. The number of carbonyl (C=O) groups is 2. The van der Waals surface area contributed by atoms with Gasteiger partial charge in [0.25, 0.3) is 11.6 Å². The van der Waals surface area contributed by atoms with Gasteiger partial charge in [-0.3, -0.25) is 19.7 Å². The molecule has 10 nitrogen and oxygen atoms in total. The topological polar surface area (TPSA) is 118 Å². The van der Waals surface area contributed by atoms with Crippen molar-refractivity contribution in [3.8, 4) is 11.5 Å². The normalized spacial score (nSPS) is 15.4. The molecule has 1 fully saturated rings. The van der Waals surface area contributed by atoms with Gasteiger partial charge < -0.3 is 24.3 Å². The van der Waals surface area contributed by atoms with E-state index in [0.29, 0.717) is 60.4 Å². The summed E-state index contributed by atoms with van der Waals surface area (Å²) in [4.78, 5) is 42.1. The average Bonchev–Trinajstić information content (AvgIpc) is 3.40. The third-order valence-corrected chi connectivity index (χ3v) is 5.66. The molecule has 10 heteroatoms. The molecule has 3 heterocycles. The van der Waals surface area contributed by atoms with Crippen LogP contribution in [-0.4, -0.2) is 60.0 Å². The van der Waals surface area contributed by atoms with Crippen LogP contribution in [0.2, 0.25) is 0 Å². The number of H-pyrrole nitrogens is 1. The Kier molecular flexibility index (Phi) is 4.46. The van der Waals surface area contributed by atoms with Gasteiger partial charge in [0.05, 0.1) is 16.0 Å². The van der Waals surface area contributed by atoms with Crippen LogP contribution in [-0.2, 0) is 0 Å². The van der Waals surface area contributed by atoms with E-state index in [9.17, 15) is 19.7 Å². The number of amides is 1. The van der Waals surface area contributed by atoms with Gasteiger partial charge in [-0.1, -0.05) is 0 Å². The Morgan fingerprint density at radius 3 is 2.39 bits per heavy atom. The van der Waals surface area contributed by atoms with Crippen molar-refractivity contribution >= 4 is 34.5 Å². The molecule has 1 aromatic heterocycles. The van der Waals surface area contributed by atoms with E-state index in [1.54, 1.807) is 29.2 Å². The molecule has 0 bridgehead atoms. The number of nitrogens with one attached hydrogen (secondary N) is 1. The lowest BCUT2D eigenvalue weighted by atomic mass is 10.1. The third-order valence-electron chi connectivity index (χ3n) is 5.66. The number of benzene rings is 2. The summed E-state index contributed by atoms with van der Waals surface area (Å²) in [5, 5.41) is 11.4. The van der Waals surface area contributed by atoms with Crippen molar-refractivity contribution in [1.82, 2.24) is 9.88 Å². The predicted octanol–water partition coefficient (Wildman–Crippen LogP) is 2.58. The molecule has 1 N–H and O–H groups in total. The lowest BCUT2D eigenvalue weighted by Crippen LogP contribution is -2.49. The summed E-state index contributed by atoms with van der Waals surface area (Å²) in [7, 11) is 0. The standard InChI is InChI=1S/C21H18N4O6/c26-11-16-15-9-18-19(31-12-30-18)10-17(15)22-20(16)21(27)24-7-5-23(6-8-24)13-1-3-14(4-2-13)25(28)29/h1-4,9-11,22H,5-8,12H2. The molecule has 0 radical (unpaired) electrons. The van der Waals surface area contributed by atoms with Gasteiger partial charge in [-0.25, -0.2) is 0 Å². The zero-order valence-electron chi connectivity index (χ0n) is 16.4. The van der Waals surface area contributed by atoms with Gasteiger partial charge in [0.2, 0.25) is 6.79 Å². The van der Waals surface area contributed by atoms with Crippen LogP contribution in [0.1, 0.15) is 20.8 Å². The van der Waals surface area contributed by atoms with E-state index in [4.69, 9.17) is 9.47 Å². The van der Waals surface area contributed by atoms with Crippen LogP contribution in [0.3, 0.4) is 0 Å². The Labute approximate surface area is 176 Å². The Bertz CT molecular complexity index is 1190. The van der Waals surface area contributed by atoms with Crippen LogP contribution < -0.4 is 14.4 Å². The van der Waals surface area contributed by atoms with Gasteiger partial charge in [-0.2, -0.15) is 0 Å². The van der Waals surface area contributed by atoms with Crippen molar-refractivity contribution in [2.45, 2.75) is 0 Å². The maximum atomic E-state index is 13.1. The number of piperazine rings is 1. The van der Waals surface area contributed by atoms with Crippen LogP contribution in [0.15, 0.2) is 36.4 Å². The number of aldehydes is 1. The van der Waals surface area contributed by atoms with Gasteiger partial charge >= 0.3 is 0 Å². The molecule has 5 rings (SSSR count). The Hall–Kier alpha value is -4.08. The third kappa shape index (κ3) is 3.21. The highest BCUT2D eigenvalue weighted by atomic mass is 16.7. The lowest BCUT2D eigenvalue weighted by molar-refractivity contribution is -0.384. The summed E-state index contributed by atoms with van der Waals surface area (Å²) in [5.74, 6) is 0.871. The van der Waals surface area contributed by atoms with Crippen LogP contribution in [0.5, 0.6) is 11.5 Å². The number of nitrogens with zero attached hydrogens (tertiary/aromatic N) is 3. The Balaban J connectivity index is 1.34. The van der Waals surface area contributed by atoms with E-state index in [1.165, 1.54) is 12.1 Å². The first-order chi connectivity index (χ1) is 15.0. The maximum absolute atomic E-state index is 13.1. The van der Waals surface area contributed by atoms with E-state index in [2.05, 4.69) is 9.88 Å². The number of nitro groups is 1. The average molecular weight is 422 g/mol. The number of hydrogen-bond acceptors (Lipinski definition) is 7. The molecule has 0 aliphatic carbocycles. The number of rotatable bonds is 4. The summed E-state index contributed by atoms with van der Waals surface area (Å²) >= 11 is 0. The fraction of sp³-hybridized carbons (Fsp3) is 0.238. The minimum atomic E-state index is -0.432. The van der Waals surface area contributed by atoms with Crippen molar-refractivity contribution in [2.24, 2.45) is 0 Å². The minimum absolute atomic E-state index is 0.0412. The highest BCUT2D eigenvalue weighted by molar-refractivity contribution is 6.10. The lowest BCUT2D eigenvalue weighted by Gasteiger charge is -2.36. The first-order valence-corrected chi connectivity index (χ1v) is 9.74. The molecule has 0 saturated carbocycles. The number of nitro benzene ring substituents is 1. The number of hydrogen-bond donors (Lipinski definition) is 1. The SMILES string of the molecule is O=Cc1c(C(=O)N2CCN(c3ccc([N+](=O)[O-])cc3)CC2)[nH]c2cc3c(cc12)OCO3. The molecule has 0 unspecified atom stereocenters. The largest absolute Gasteiger partial charge is 0.454 e. The molecular weight excluding hydrogens is 404 g/mol. The van der Waals surface area contributed by atoms with E-state index < -0.39 is 4.92 Å². The highest BCUT2D eigenvalue weighted by Crippen LogP contribution is 2.37. The fourth-order valence-corrected chi connectivity index (χ4v) is 4.01. The van der Waals surface area contributed by atoms with E-state index >= 15 is 0 Å². The molecule has 1 saturated heterocycles. The fourth-order valence-electron chi connectivity index (χ4n) is 4.01. The van der Waals surface area contributed by atoms with Gasteiger partial charge in [0.15, 0.2) is 17.8 Å². The van der Waals surface area contributed by atoms with Crippen LogP contribution >= 0.6 is 0 Å². The second-order valence-corrected chi connectivity index (χ2v) is 7.34. The van der Waals surface area contributed by atoms with Gasteiger partial charge in [0.1, 0.15) is 5.69 Å². The van der Waals surface area contributed by atoms with Crippen molar-refractivity contribution in [3.63, 3.8) is 0 Å². The number of aromatic nitrogens is 1. The van der Waals surface area contributed by atoms with Gasteiger partial charge in [0, 0.05) is 55.5 Å². The molecule has 158 valence electrons. The number of fused-ring (bicyclic) bond motifs is 2. The highest BCUT2D eigenvalue weighted by Gasteiger charge is 2.27. The molecule has 1 amide bonds. The van der Waals surface area contributed by atoms with Crippen LogP contribution in [0.4, 0.5) is 11.4 Å². The molecule has 3 aromatic rings. The second kappa shape index (κ2) is 7.31. The van der Waals surface area contributed by atoms with Crippen LogP contribution in [0.25, 0.3) is 10.9 Å². The maximum Gasteiger partial charge on any atom is 0.271 e. The van der Waals surface area contributed by atoms with Crippen molar-refractivity contribution < 1.29 is 24.0 Å². The molecule has 0 atom stereocenters. The molecule has 2 aliphatic heterocycles. The number of carbonyl (C=O) groups excluding carboxylic acids is 2. The summed E-state index contributed by atoms with van der Waals surface area (Å²) < 4.78 is 10.7. The number of ether oxygens (including phenoxy) is 2. The first-order valence-electron chi connectivity index (χ1n) is 9.74. The smallest absolute Gasteiger partial charge is 0.271 e. The van der Waals surface area contributed by atoms with E-state index in [0.717, 1.165) is 5.69 Å². The van der Waals surface area contributed by atoms with Crippen molar-refractivity contribution in [2.75, 3.05) is 37.9 Å². The molecule has 0 spiro atoms. The molecule has 2 aromatic carbocycles. The quantitative estimate of drug-likeness (QED) is 0.390. The summed E-state index contributed by atoms with van der Waals surface area (Å²) in [6, 6.07) is 9.80. The predicted molar refractivity (Wildman–Crippen MR) is 111 cm³/mol.